The Hall–Kier alpha value is -3.34. The summed E-state index contributed by atoms with van der Waals surface area (Å²) in [7, 11) is 0. The summed E-state index contributed by atoms with van der Waals surface area (Å²) in [6.07, 6.45) is 0.724. The van der Waals surface area contributed by atoms with Crippen molar-refractivity contribution in [2.45, 2.75) is 86.1 Å². The van der Waals surface area contributed by atoms with Gasteiger partial charge in [0.2, 0.25) is 0 Å². The van der Waals surface area contributed by atoms with Crippen molar-refractivity contribution in [1.82, 2.24) is 0 Å². The lowest BCUT2D eigenvalue weighted by Gasteiger charge is -2.28. The Morgan fingerprint density at radius 1 is 0.805 bits per heavy atom. The van der Waals surface area contributed by atoms with E-state index in [9.17, 15) is 24.3 Å². The fraction of sp³-hybridized carbons (Fsp3) is 0.667. The minimum atomic E-state index is -1.38. The van der Waals surface area contributed by atoms with E-state index >= 15 is 0 Å². The van der Waals surface area contributed by atoms with Crippen molar-refractivity contribution in [2.24, 2.45) is 29.4 Å². The van der Waals surface area contributed by atoms with Crippen LogP contribution in [0.25, 0.3) is 0 Å². The molecule has 0 amide bonds. The largest absolute Gasteiger partial charge is 0.513 e. The summed E-state index contributed by atoms with van der Waals surface area (Å²) in [5.41, 5.74) is 6.44. The predicted octanol–water partition coefficient (Wildman–Crippen LogP) is 5.92. The number of carbonyl (C=O) groups excluding carboxylic acids is 3. The van der Waals surface area contributed by atoms with Crippen LogP contribution in [-0.2, 0) is 23.8 Å². The molecule has 0 aromatic heterocycles. The van der Waals surface area contributed by atoms with Gasteiger partial charge in [0, 0.05) is 5.92 Å². The van der Waals surface area contributed by atoms with Gasteiger partial charge in [0.05, 0.1) is 25.7 Å². The fourth-order valence-corrected chi connectivity index (χ4v) is 3.94. The predicted molar refractivity (Wildman–Crippen MR) is 152 cm³/mol. The molecule has 0 aliphatic heterocycles. The van der Waals surface area contributed by atoms with Crippen LogP contribution in [0.15, 0.2) is 18.2 Å². The average Bonchev–Trinajstić information content (AvgIpc) is 2.88. The first-order valence-electron chi connectivity index (χ1n) is 14.2. The van der Waals surface area contributed by atoms with Crippen molar-refractivity contribution >= 4 is 24.2 Å². The third-order valence-electron chi connectivity index (χ3n) is 6.47. The number of carbonyl (C=O) groups is 4. The monoisotopic (exact) mass is 581 g/mol. The summed E-state index contributed by atoms with van der Waals surface area (Å²) in [5.74, 6) is -3.02. The lowest BCUT2D eigenvalue weighted by molar-refractivity contribution is -0.149. The molecule has 4 atom stereocenters. The molecule has 1 aromatic rings. The molecule has 0 saturated carbocycles. The highest BCUT2D eigenvalue weighted by atomic mass is 16.7. The maximum absolute atomic E-state index is 12.4. The van der Waals surface area contributed by atoms with E-state index < -0.39 is 36.2 Å². The van der Waals surface area contributed by atoms with Gasteiger partial charge < -0.3 is 34.5 Å². The second kappa shape index (κ2) is 18.2. The normalized spacial score (nSPS) is 14.1. The van der Waals surface area contributed by atoms with Gasteiger partial charge in [-0.15, -0.1) is 0 Å². The average molecular weight is 582 g/mol. The number of esters is 1. The quantitative estimate of drug-likeness (QED) is 0.128. The van der Waals surface area contributed by atoms with E-state index in [-0.39, 0.29) is 43.2 Å². The molecule has 3 unspecified atom stereocenters. The SMILES string of the molecule is CCCC(C)C(=O)OCC(C)C(c1ccc(OC(=O)OCCC(C)C)c(OC(=O)OCCC(C)C)c1)[C@H](N)C(=O)O. The van der Waals surface area contributed by atoms with Crippen molar-refractivity contribution in [3.8, 4) is 11.5 Å². The number of rotatable bonds is 17. The van der Waals surface area contributed by atoms with Gasteiger partial charge in [-0.3, -0.25) is 9.59 Å². The third kappa shape index (κ3) is 13.2. The zero-order valence-corrected chi connectivity index (χ0v) is 25.3. The van der Waals surface area contributed by atoms with Gasteiger partial charge in [0.15, 0.2) is 11.5 Å². The summed E-state index contributed by atoms with van der Waals surface area (Å²) in [6, 6.07) is 2.86. The van der Waals surface area contributed by atoms with Crippen LogP contribution in [0.1, 0.15) is 85.6 Å². The Morgan fingerprint density at radius 2 is 1.34 bits per heavy atom. The number of carboxylic acids is 1. The van der Waals surface area contributed by atoms with Gasteiger partial charge >= 0.3 is 24.2 Å². The fourth-order valence-electron chi connectivity index (χ4n) is 3.94. The number of hydrogen-bond donors (Lipinski definition) is 2. The second-order valence-electron chi connectivity index (χ2n) is 11.2. The van der Waals surface area contributed by atoms with Crippen LogP contribution in [0.3, 0.4) is 0 Å². The highest BCUT2D eigenvalue weighted by Gasteiger charge is 2.33. The molecule has 1 rings (SSSR count). The number of benzene rings is 1. The molecule has 11 nitrogen and oxygen atoms in total. The minimum Gasteiger partial charge on any atom is -0.480 e. The first-order chi connectivity index (χ1) is 19.3. The maximum Gasteiger partial charge on any atom is 0.513 e. The van der Waals surface area contributed by atoms with E-state index in [0.29, 0.717) is 36.7 Å². The first kappa shape index (κ1) is 35.7. The lowest BCUT2D eigenvalue weighted by atomic mass is 9.82. The van der Waals surface area contributed by atoms with Gasteiger partial charge in [0.1, 0.15) is 6.04 Å². The molecule has 0 aliphatic carbocycles. The lowest BCUT2D eigenvalue weighted by Crippen LogP contribution is -2.40. The third-order valence-corrected chi connectivity index (χ3v) is 6.47. The molecule has 232 valence electrons. The minimum absolute atomic E-state index is 0.0770. The van der Waals surface area contributed by atoms with Crippen LogP contribution in [0.4, 0.5) is 9.59 Å². The highest BCUT2D eigenvalue weighted by molar-refractivity contribution is 5.75. The van der Waals surface area contributed by atoms with Crippen LogP contribution >= 0.6 is 0 Å². The number of ether oxygens (including phenoxy) is 5. The molecule has 0 radical (unpaired) electrons. The first-order valence-corrected chi connectivity index (χ1v) is 14.2. The highest BCUT2D eigenvalue weighted by Crippen LogP contribution is 2.36. The molecule has 0 saturated heterocycles. The van der Waals surface area contributed by atoms with Crippen molar-refractivity contribution in [3.05, 3.63) is 23.8 Å². The zero-order chi connectivity index (χ0) is 31.1. The van der Waals surface area contributed by atoms with Crippen LogP contribution < -0.4 is 15.2 Å². The maximum atomic E-state index is 12.4. The smallest absolute Gasteiger partial charge is 0.480 e. The van der Waals surface area contributed by atoms with Crippen molar-refractivity contribution < 1.29 is 48.0 Å². The zero-order valence-electron chi connectivity index (χ0n) is 25.3. The topological polar surface area (TPSA) is 161 Å². The summed E-state index contributed by atoms with van der Waals surface area (Å²) < 4.78 is 26.4. The van der Waals surface area contributed by atoms with Crippen LogP contribution in [-0.4, -0.2) is 55.2 Å². The number of carboxylic acid groups (broad SMARTS) is 1. The van der Waals surface area contributed by atoms with Gasteiger partial charge in [-0.25, -0.2) is 9.59 Å². The van der Waals surface area contributed by atoms with E-state index in [2.05, 4.69) is 0 Å². The molecule has 0 aliphatic rings. The Kier molecular flexibility index (Phi) is 15.8. The van der Waals surface area contributed by atoms with E-state index in [1.165, 1.54) is 18.2 Å². The second-order valence-corrected chi connectivity index (χ2v) is 11.2. The molecule has 0 bridgehead atoms. The number of nitrogens with two attached hydrogens (primary N) is 1. The van der Waals surface area contributed by atoms with Crippen molar-refractivity contribution in [2.75, 3.05) is 19.8 Å². The van der Waals surface area contributed by atoms with Crippen LogP contribution in [0, 0.1) is 23.7 Å². The summed E-state index contributed by atoms with van der Waals surface area (Å²) >= 11 is 0. The van der Waals surface area contributed by atoms with Crippen molar-refractivity contribution in [3.63, 3.8) is 0 Å². The molecule has 3 N–H and O–H groups in total. The number of hydrogen-bond acceptors (Lipinski definition) is 10. The standard InChI is InChI=1S/C30H47NO10/c1-8-9-20(6)28(34)39-17-21(7)25(26(31)27(32)33)22-10-11-23(40-29(35)37-14-12-18(2)3)24(16-22)41-30(36)38-15-13-19(4)5/h10-11,16,18-21,25-26H,8-9,12-15,17,31H2,1-7H3,(H,32,33)/t20?,21?,25?,26-/m0/s1. The molecular formula is C30H47NO10. The molecule has 0 heterocycles. The summed E-state index contributed by atoms with van der Waals surface area (Å²) in [4.78, 5) is 49.0. The Bertz CT molecular complexity index is 993. The molecule has 11 heteroatoms. The van der Waals surface area contributed by atoms with Gasteiger partial charge in [-0.2, -0.15) is 0 Å². The Balaban J connectivity index is 3.28. The molecule has 0 fully saturated rings. The van der Waals surface area contributed by atoms with E-state index in [4.69, 9.17) is 29.4 Å². The summed E-state index contributed by atoms with van der Waals surface area (Å²) in [5, 5.41) is 9.73. The van der Waals surface area contributed by atoms with E-state index in [1.54, 1.807) is 13.8 Å². The van der Waals surface area contributed by atoms with E-state index in [0.717, 1.165) is 6.42 Å². The van der Waals surface area contributed by atoms with Gasteiger partial charge in [0.25, 0.3) is 0 Å². The molecule has 1 aromatic carbocycles. The van der Waals surface area contributed by atoms with Gasteiger partial charge in [-0.1, -0.05) is 61.0 Å². The molecule has 0 spiro atoms. The summed E-state index contributed by atoms with van der Waals surface area (Å²) in [6.45, 7) is 13.6. The Morgan fingerprint density at radius 3 is 1.83 bits per heavy atom. The van der Waals surface area contributed by atoms with Crippen LogP contribution in [0.2, 0.25) is 0 Å². The number of aliphatic carboxylic acids is 1. The van der Waals surface area contributed by atoms with Crippen LogP contribution in [0.5, 0.6) is 11.5 Å². The van der Waals surface area contributed by atoms with E-state index in [1.807, 2.05) is 34.6 Å². The molecular weight excluding hydrogens is 534 g/mol. The van der Waals surface area contributed by atoms with Crippen molar-refractivity contribution in [1.29, 1.82) is 0 Å². The Labute approximate surface area is 243 Å². The van der Waals surface area contributed by atoms with Gasteiger partial charge in [-0.05, 0) is 54.7 Å². The molecule has 41 heavy (non-hydrogen) atoms.